The molecule has 1 saturated heterocycles. The van der Waals surface area contributed by atoms with Gasteiger partial charge in [-0.25, -0.2) is 0 Å². The smallest absolute Gasteiger partial charge is 0.303 e. The molecule has 1 aliphatic heterocycles. The molecular weight excluding hydrogens is 334 g/mol. The molecule has 7 heteroatoms. The average Bonchev–Trinajstić information content (AvgIpc) is 2.66. The van der Waals surface area contributed by atoms with Crippen LogP contribution in [0.25, 0.3) is 0 Å². The second-order valence-corrected chi connectivity index (χ2v) is 6.01. The van der Waals surface area contributed by atoms with Crippen LogP contribution in [-0.4, -0.2) is 48.2 Å². The first-order valence-electron chi connectivity index (χ1n) is 8.53. The van der Waals surface area contributed by atoms with Gasteiger partial charge in [-0.1, -0.05) is 0 Å². The largest absolute Gasteiger partial charge is 0.494 e. The number of rotatable bonds is 7. The Morgan fingerprint density at radius 2 is 1.81 bits per heavy atom. The summed E-state index contributed by atoms with van der Waals surface area (Å²) >= 11 is 0. The van der Waals surface area contributed by atoms with Gasteiger partial charge in [0.15, 0.2) is 0 Å². The Morgan fingerprint density at radius 1 is 1.08 bits per heavy atom. The van der Waals surface area contributed by atoms with Crippen LogP contribution in [0.5, 0.6) is 5.75 Å². The Morgan fingerprint density at radius 3 is 2.46 bits per heavy atom. The van der Waals surface area contributed by atoms with Crippen LogP contribution in [0.1, 0.15) is 12.8 Å². The van der Waals surface area contributed by atoms with Crippen LogP contribution in [-0.2, 0) is 9.59 Å². The SMILES string of the molecule is O=C(O)CCCOc1ccc(N2CCN(c3ccncc3)CC2=O)cc1. The molecule has 1 amide bonds. The summed E-state index contributed by atoms with van der Waals surface area (Å²) in [5.74, 6) is -0.112. The zero-order valence-corrected chi connectivity index (χ0v) is 14.4. The Hall–Kier alpha value is -3.09. The molecule has 0 spiro atoms. The minimum Gasteiger partial charge on any atom is -0.494 e. The van der Waals surface area contributed by atoms with Crippen molar-refractivity contribution in [2.24, 2.45) is 0 Å². The summed E-state index contributed by atoms with van der Waals surface area (Å²) < 4.78 is 5.52. The third-order valence-electron chi connectivity index (χ3n) is 4.20. The standard InChI is InChI=1S/C19H21N3O4/c23-18-14-21(15-7-9-20-10-8-15)11-12-22(18)16-3-5-17(6-4-16)26-13-1-2-19(24)25/h3-10H,1-2,11-14H2,(H,24,25). The number of anilines is 2. The van der Waals surface area contributed by atoms with E-state index in [0.29, 0.717) is 31.9 Å². The Labute approximate surface area is 151 Å². The molecule has 136 valence electrons. The molecule has 1 aromatic carbocycles. The second kappa shape index (κ2) is 8.33. The number of hydrogen-bond acceptors (Lipinski definition) is 5. The number of pyridine rings is 1. The maximum absolute atomic E-state index is 12.5. The number of carbonyl (C=O) groups excluding carboxylic acids is 1. The highest BCUT2D eigenvalue weighted by molar-refractivity contribution is 5.97. The van der Waals surface area contributed by atoms with Crippen LogP contribution in [0.15, 0.2) is 48.8 Å². The van der Waals surface area contributed by atoms with Gasteiger partial charge in [0.1, 0.15) is 5.75 Å². The molecule has 1 N–H and O–H groups in total. The molecule has 0 atom stereocenters. The van der Waals surface area contributed by atoms with E-state index >= 15 is 0 Å². The molecule has 0 saturated carbocycles. The molecule has 2 heterocycles. The predicted molar refractivity (Wildman–Crippen MR) is 97.6 cm³/mol. The molecule has 1 aromatic heterocycles. The number of carboxylic acids is 1. The summed E-state index contributed by atoms with van der Waals surface area (Å²) in [7, 11) is 0. The second-order valence-electron chi connectivity index (χ2n) is 6.01. The third-order valence-corrected chi connectivity index (χ3v) is 4.20. The number of piperazine rings is 1. The molecule has 0 aliphatic carbocycles. The molecule has 1 aliphatic rings. The van der Waals surface area contributed by atoms with E-state index in [-0.39, 0.29) is 12.3 Å². The number of nitrogens with zero attached hydrogens (tertiary/aromatic N) is 3. The molecular formula is C19H21N3O4. The number of benzene rings is 1. The number of carbonyl (C=O) groups is 2. The van der Waals surface area contributed by atoms with Gasteiger partial charge in [0.25, 0.3) is 0 Å². The highest BCUT2D eigenvalue weighted by Crippen LogP contribution is 2.23. The first kappa shape index (κ1) is 17.7. The van der Waals surface area contributed by atoms with Crippen molar-refractivity contribution in [1.29, 1.82) is 0 Å². The van der Waals surface area contributed by atoms with Crippen LogP contribution in [0.2, 0.25) is 0 Å². The van der Waals surface area contributed by atoms with Crippen LogP contribution >= 0.6 is 0 Å². The van der Waals surface area contributed by atoms with Crippen molar-refractivity contribution in [3.8, 4) is 5.75 Å². The van der Waals surface area contributed by atoms with Crippen molar-refractivity contribution < 1.29 is 19.4 Å². The lowest BCUT2D eigenvalue weighted by atomic mass is 10.2. The highest BCUT2D eigenvalue weighted by Gasteiger charge is 2.25. The fraction of sp³-hybridized carbons (Fsp3) is 0.316. The zero-order chi connectivity index (χ0) is 18.4. The molecule has 2 aromatic rings. The van der Waals surface area contributed by atoms with E-state index in [9.17, 15) is 9.59 Å². The molecule has 0 radical (unpaired) electrons. The molecule has 3 rings (SSSR count). The summed E-state index contributed by atoms with van der Waals surface area (Å²) in [5.41, 5.74) is 1.83. The summed E-state index contributed by atoms with van der Waals surface area (Å²) in [6, 6.07) is 11.1. The maximum Gasteiger partial charge on any atom is 0.303 e. The highest BCUT2D eigenvalue weighted by atomic mass is 16.5. The lowest BCUT2D eigenvalue weighted by Crippen LogP contribution is -2.50. The van der Waals surface area contributed by atoms with Gasteiger partial charge in [-0.05, 0) is 42.8 Å². The van der Waals surface area contributed by atoms with E-state index in [2.05, 4.69) is 4.98 Å². The van der Waals surface area contributed by atoms with Crippen LogP contribution in [0.4, 0.5) is 11.4 Å². The molecule has 1 fully saturated rings. The lowest BCUT2D eigenvalue weighted by Gasteiger charge is -2.35. The average molecular weight is 355 g/mol. The van der Waals surface area contributed by atoms with Crippen molar-refractivity contribution in [2.75, 3.05) is 36.0 Å². The summed E-state index contributed by atoms with van der Waals surface area (Å²) in [6.45, 7) is 2.05. The van der Waals surface area contributed by atoms with E-state index in [1.54, 1.807) is 29.4 Å². The minimum atomic E-state index is -0.826. The van der Waals surface area contributed by atoms with E-state index in [4.69, 9.17) is 9.84 Å². The van der Waals surface area contributed by atoms with E-state index in [1.807, 2.05) is 29.2 Å². The van der Waals surface area contributed by atoms with Crippen molar-refractivity contribution in [3.63, 3.8) is 0 Å². The normalized spacial score (nSPS) is 14.4. The fourth-order valence-corrected chi connectivity index (χ4v) is 2.86. The molecule has 0 unspecified atom stereocenters. The van der Waals surface area contributed by atoms with Gasteiger partial charge in [-0.2, -0.15) is 0 Å². The van der Waals surface area contributed by atoms with Crippen molar-refractivity contribution in [1.82, 2.24) is 4.98 Å². The van der Waals surface area contributed by atoms with Gasteiger partial charge >= 0.3 is 5.97 Å². The van der Waals surface area contributed by atoms with Gasteiger partial charge in [0.05, 0.1) is 13.2 Å². The van der Waals surface area contributed by atoms with E-state index in [0.717, 1.165) is 17.9 Å². The lowest BCUT2D eigenvalue weighted by molar-refractivity contribution is -0.137. The zero-order valence-electron chi connectivity index (χ0n) is 14.4. The van der Waals surface area contributed by atoms with Gasteiger partial charge in [-0.3, -0.25) is 14.6 Å². The Balaban J connectivity index is 1.55. The number of hydrogen-bond donors (Lipinski definition) is 1. The topological polar surface area (TPSA) is 83.0 Å². The number of aliphatic carboxylic acids is 1. The van der Waals surface area contributed by atoms with Crippen molar-refractivity contribution >= 4 is 23.3 Å². The molecule has 0 bridgehead atoms. The van der Waals surface area contributed by atoms with Crippen LogP contribution in [0.3, 0.4) is 0 Å². The van der Waals surface area contributed by atoms with Crippen molar-refractivity contribution in [3.05, 3.63) is 48.8 Å². The quantitative estimate of drug-likeness (QED) is 0.767. The van der Waals surface area contributed by atoms with Crippen LogP contribution in [0, 0.1) is 0 Å². The minimum absolute atomic E-state index is 0.0446. The van der Waals surface area contributed by atoms with Gasteiger partial charge in [-0.15, -0.1) is 0 Å². The van der Waals surface area contributed by atoms with E-state index in [1.165, 1.54) is 0 Å². The third kappa shape index (κ3) is 4.50. The Bertz CT molecular complexity index is 749. The van der Waals surface area contributed by atoms with E-state index < -0.39 is 5.97 Å². The van der Waals surface area contributed by atoms with Crippen LogP contribution < -0.4 is 14.5 Å². The predicted octanol–water partition coefficient (Wildman–Crippen LogP) is 2.18. The van der Waals surface area contributed by atoms with Gasteiger partial charge in [0, 0.05) is 43.3 Å². The molecule has 26 heavy (non-hydrogen) atoms. The summed E-state index contributed by atoms with van der Waals surface area (Å²) in [4.78, 5) is 30.8. The first-order chi connectivity index (χ1) is 12.6. The first-order valence-corrected chi connectivity index (χ1v) is 8.53. The number of ether oxygens (including phenoxy) is 1. The summed E-state index contributed by atoms with van der Waals surface area (Å²) in [6.07, 6.45) is 4.00. The monoisotopic (exact) mass is 355 g/mol. The maximum atomic E-state index is 12.5. The fourth-order valence-electron chi connectivity index (χ4n) is 2.86. The van der Waals surface area contributed by atoms with Gasteiger partial charge < -0.3 is 19.6 Å². The summed E-state index contributed by atoms with van der Waals surface area (Å²) in [5, 5.41) is 8.61. The number of carboxylic acid groups (broad SMARTS) is 1. The number of aromatic nitrogens is 1. The number of amides is 1. The van der Waals surface area contributed by atoms with Crippen molar-refractivity contribution in [2.45, 2.75) is 12.8 Å². The Kier molecular flexibility index (Phi) is 5.68. The molecule has 7 nitrogen and oxygen atoms in total. The van der Waals surface area contributed by atoms with Gasteiger partial charge in [0.2, 0.25) is 5.91 Å².